The highest BCUT2D eigenvalue weighted by atomic mass is 32.2. The van der Waals surface area contributed by atoms with Crippen LogP contribution in [0.15, 0.2) is 181 Å². The monoisotopic (exact) mass is 979 g/mol. The first kappa shape index (κ1) is 48.5. The molecular weight excluding hydrogens is 935 g/mol. The van der Waals surface area contributed by atoms with Crippen molar-refractivity contribution in [2.24, 2.45) is 0 Å². The summed E-state index contributed by atoms with van der Waals surface area (Å²) in [5.41, 5.74) is -0.804. The molecule has 0 saturated carbocycles. The number of aliphatic hydroxyl groups excluding tert-OH is 2. The smallest absolute Gasteiger partial charge is 0.338 e. The molecule has 2 N–H and O–H groups in total. The van der Waals surface area contributed by atoms with E-state index in [-0.39, 0.29) is 33.4 Å². The van der Waals surface area contributed by atoms with E-state index in [1.54, 1.807) is 115 Å². The Bertz CT molecular complexity index is 2810. The van der Waals surface area contributed by atoms with E-state index in [1.807, 2.05) is 0 Å². The van der Waals surface area contributed by atoms with Crippen molar-refractivity contribution in [2.75, 3.05) is 13.2 Å². The summed E-state index contributed by atoms with van der Waals surface area (Å²) in [5, 5.41) is 23.0. The minimum atomic E-state index is -1.97. The van der Waals surface area contributed by atoms with Crippen molar-refractivity contribution in [3.05, 3.63) is 209 Å². The number of thioether (sulfide) groups is 1. The quantitative estimate of drug-likeness (QED) is 0.0670. The van der Waals surface area contributed by atoms with Crippen LogP contribution in [-0.4, -0.2) is 125 Å². The second-order valence-corrected chi connectivity index (χ2v) is 17.7. The molecule has 6 aromatic carbocycles. The molecule has 71 heavy (non-hydrogen) atoms. The van der Waals surface area contributed by atoms with Crippen LogP contribution >= 0.6 is 11.8 Å². The Hall–Kier alpha value is -7.51. The molecule has 0 aliphatic carbocycles. The molecule has 0 spiro atoms. The van der Waals surface area contributed by atoms with Gasteiger partial charge in [-0.2, -0.15) is 0 Å². The van der Waals surface area contributed by atoms with Crippen LogP contribution < -0.4 is 0 Å². The molecule has 3 aliphatic rings. The number of benzene rings is 6. The highest BCUT2D eigenvalue weighted by molar-refractivity contribution is 7.99. The molecule has 0 bridgehead atoms. The fraction of sp³-hybridized carbons (Fsp3) is 0.222. The molecule has 0 aromatic heterocycles. The van der Waals surface area contributed by atoms with Gasteiger partial charge in [-0.3, -0.25) is 14.5 Å². The maximum absolute atomic E-state index is 14.5. The number of aliphatic hydroxyl groups is 2. The van der Waals surface area contributed by atoms with Gasteiger partial charge in [-0.05, 0) is 72.8 Å². The lowest BCUT2D eigenvalue weighted by Gasteiger charge is -2.50. The summed E-state index contributed by atoms with van der Waals surface area (Å²) >= 11 is 1.08. The van der Waals surface area contributed by atoms with Crippen LogP contribution in [0, 0.1) is 0 Å². The van der Waals surface area contributed by atoms with Gasteiger partial charge in [0.15, 0.2) is 24.6 Å². The average molecular weight is 980 g/mol. The largest absolute Gasteiger partial charge is 0.459 e. The molecule has 2 fully saturated rings. The molecular formula is C54H45NO15S. The molecule has 16 nitrogen and oxygen atoms in total. The van der Waals surface area contributed by atoms with Gasteiger partial charge >= 0.3 is 23.9 Å². The summed E-state index contributed by atoms with van der Waals surface area (Å²) in [6.45, 7) is -1.46. The van der Waals surface area contributed by atoms with E-state index in [0.717, 1.165) is 16.7 Å². The Balaban J connectivity index is 1.18. The van der Waals surface area contributed by atoms with Crippen molar-refractivity contribution in [3.63, 3.8) is 0 Å². The number of carbonyl (C=O) groups excluding carboxylic acids is 6. The summed E-state index contributed by atoms with van der Waals surface area (Å²) in [4.78, 5) is 86.7. The Morgan fingerprint density at radius 3 is 1.41 bits per heavy atom. The number of carbonyl (C=O) groups is 6. The van der Waals surface area contributed by atoms with Gasteiger partial charge in [-0.25, -0.2) is 19.2 Å². The highest BCUT2D eigenvalue weighted by Crippen LogP contribution is 2.42. The fourth-order valence-corrected chi connectivity index (χ4v) is 9.68. The first-order valence-electron chi connectivity index (χ1n) is 22.5. The zero-order valence-electron chi connectivity index (χ0n) is 37.5. The summed E-state index contributed by atoms with van der Waals surface area (Å²) in [5.74, 6) is -5.17. The second kappa shape index (κ2) is 22.1. The van der Waals surface area contributed by atoms with Gasteiger partial charge < -0.3 is 43.4 Å². The third kappa shape index (κ3) is 10.7. The number of rotatable bonds is 15. The first-order chi connectivity index (χ1) is 34.6. The molecule has 3 heterocycles. The third-order valence-electron chi connectivity index (χ3n) is 12.0. The van der Waals surface area contributed by atoms with Gasteiger partial charge in [0.2, 0.25) is 0 Å². The number of hydrogen-bond acceptors (Lipinski definition) is 16. The van der Waals surface area contributed by atoms with E-state index in [0.29, 0.717) is 4.90 Å². The topological polar surface area (TPSA) is 211 Å². The number of imide groups is 1. The summed E-state index contributed by atoms with van der Waals surface area (Å²) in [7, 11) is 0. The van der Waals surface area contributed by atoms with E-state index < -0.39 is 109 Å². The lowest BCUT2D eigenvalue weighted by molar-refractivity contribution is -0.329. The first-order valence-corrected chi connectivity index (χ1v) is 23.4. The minimum absolute atomic E-state index is 0.0332. The summed E-state index contributed by atoms with van der Waals surface area (Å²) in [6, 6.07) is 44.8. The Kier molecular flexibility index (Phi) is 15.1. The van der Waals surface area contributed by atoms with Crippen LogP contribution in [0.2, 0.25) is 0 Å². The summed E-state index contributed by atoms with van der Waals surface area (Å²) < 4.78 is 44.2. The predicted octanol–water partition coefficient (Wildman–Crippen LogP) is 6.17. The normalized spacial score (nSPS) is 24.8. The van der Waals surface area contributed by atoms with Crippen LogP contribution in [0.5, 0.6) is 0 Å². The van der Waals surface area contributed by atoms with Crippen molar-refractivity contribution < 1.29 is 72.1 Å². The van der Waals surface area contributed by atoms with Crippen LogP contribution in [0.25, 0.3) is 0 Å². The minimum Gasteiger partial charge on any atom is -0.459 e. The molecule has 10 atom stereocenters. The maximum atomic E-state index is 14.5. The predicted molar refractivity (Wildman–Crippen MR) is 252 cm³/mol. The SMILES string of the molecule is O=C(OC[C@H]1O[C@@H](O[C@H]2[C@H](O)[C@@H](CO)O[C@@H](Sc3ccccc3)[C@@H]2N2C(=O)c3ccccc3C2=O)[C@H](OC(=O)c2ccccc2)[C@@H](OC(=O)c2ccccc2)[C@@H]1OC(=O)c1ccccc1)c1ccccc1. The highest BCUT2D eigenvalue weighted by Gasteiger charge is 2.59. The van der Waals surface area contributed by atoms with E-state index in [1.165, 1.54) is 60.7 Å². The van der Waals surface area contributed by atoms with Gasteiger partial charge in [0.25, 0.3) is 11.8 Å². The Morgan fingerprint density at radius 1 is 0.507 bits per heavy atom. The zero-order chi connectivity index (χ0) is 49.4. The zero-order valence-corrected chi connectivity index (χ0v) is 38.3. The number of hydrogen-bond donors (Lipinski definition) is 2. The number of esters is 4. The van der Waals surface area contributed by atoms with Crippen LogP contribution in [0.1, 0.15) is 62.1 Å². The lowest BCUT2D eigenvalue weighted by atomic mass is 9.94. The van der Waals surface area contributed by atoms with Crippen molar-refractivity contribution in [3.8, 4) is 0 Å². The number of fused-ring (bicyclic) bond motifs is 1. The number of nitrogens with zero attached hydrogens (tertiary/aromatic N) is 1. The van der Waals surface area contributed by atoms with E-state index in [4.69, 9.17) is 33.2 Å². The van der Waals surface area contributed by atoms with Crippen molar-refractivity contribution in [1.82, 2.24) is 4.90 Å². The molecule has 3 aliphatic heterocycles. The molecule has 0 unspecified atom stereocenters. The van der Waals surface area contributed by atoms with Gasteiger partial charge in [-0.15, -0.1) is 0 Å². The molecule has 2 saturated heterocycles. The summed E-state index contributed by atoms with van der Waals surface area (Å²) in [6.07, 6.45) is -14.0. The Morgan fingerprint density at radius 2 is 0.930 bits per heavy atom. The van der Waals surface area contributed by atoms with Crippen LogP contribution in [0.3, 0.4) is 0 Å². The molecule has 6 aromatic rings. The molecule has 9 rings (SSSR count). The molecule has 362 valence electrons. The van der Waals surface area contributed by atoms with Crippen molar-refractivity contribution >= 4 is 47.5 Å². The van der Waals surface area contributed by atoms with E-state index in [2.05, 4.69) is 0 Å². The second-order valence-electron chi connectivity index (χ2n) is 16.5. The van der Waals surface area contributed by atoms with Gasteiger partial charge in [0.05, 0.1) is 40.0 Å². The Labute approximate surface area is 411 Å². The van der Waals surface area contributed by atoms with Gasteiger partial charge in [0.1, 0.15) is 42.5 Å². The third-order valence-corrected chi connectivity index (χ3v) is 13.1. The van der Waals surface area contributed by atoms with Crippen LogP contribution in [0.4, 0.5) is 0 Å². The van der Waals surface area contributed by atoms with Gasteiger partial charge in [0, 0.05) is 4.90 Å². The van der Waals surface area contributed by atoms with Crippen LogP contribution in [-0.2, 0) is 33.2 Å². The van der Waals surface area contributed by atoms with E-state index >= 15 is 0 Å². The maximum Gasteiger partial charge on any atom is 0.338 e. The molecule has 0 radical (unpaired) electrons. The standard InChI is InChI=1S/C54H45NO15S/c56-30-39-42(57)44(41(54(66-39)71-36-26-14-5-15-27-36)55-47(58)37-28-16-17-29-38(37)48(55)59)70-53-46(69-52(63)35-24-12-4-13-25-35)45(68-51(62)34-22-10-3-11-23-34)43(67-50(61)33-20-8-2-9-21-33)40(65-53)31-64-49(60)32-18-6-1-7-19-32/h1-29,39-46,53-54,56-57H,30-31H2/t39-,40-,41-,42-,43-,44-,45+,46-,53+,54+/m1/s1. The number of amides is 2. The average Bonchev–Trinajstić information content (AvgIpc) is 3.66. The number of ether oxygens (including phenoxy) is 7. The van der Waals surface area contributed by atoms with Gasteiger partial charge in [-0.1, -0.05) is 115 Å². The van der Waals surface area contributed by atoms with Crippen molar-refractivity contribution in [1.29, 1.82) is 0 Å². The molecule has 17 heteroatoms. The lowest BCUT2D eigenvalue weighted by Crippen LogP contribution is -2.68. The van der Waals surface area contributed by atoms with Crippen molar-refractivity contribution in [2.45, 2.75) is 65.4 Å². The fourth-order valence-electron chi connectivity index (χ4n) is 8.48. The molecule has 2 amide bonds. The van der Waals surface area contributed by atoms with E-state index in [9.17, 15) is 39.0 Å².